The Bertz CT molecular complexity index is 782. The predicted molar refractivity (Wildman–Crippen MR) is 85.2 cm³/mol. The van der Waals surface area contributed by atoms with E-state index >= 15 is 0 Å². The zero-order valence-corrected chi connectivity index (χ0v) is 12.3. The number of nitrogens with two attached hydrogens (primary N) is 1. The van der Waals surface area contributed by atoms with E-state index in [1.54, 1.807) is 17.4 Å². The van der Waals surface area contributed by atoms with Gasteiger partial charge in [0.1, 0.15) is 10.6 Å². The average Bonchev–Trinajstić information content (AvgIpc) is 2.68. The Morgan fingerprint density at radius 2 is 2.05 bits per heavy atom. The average molecular weight is 288 g/mol. The van der Waals surface area contributed by atoms with Crippen molar-refractivity contribution in [3.63, 3.8) is 0 Å². The minimum absolute atomic E-state index is 0.269. The first-order valence-corrected chi connectivity index (χ1v) is 7.20. The normalized spacial score (nSPS) is 11.1. The second-order valence-electron chi connectivity index (χ2n) is 4.39. The number of aryl methyl sites for hydroxylation is 1. The molecule has 0 saturated carbocycles. The van der Waals surface area contributed by atoms with E-state index in [0.29, 0.717) is 0 Å². The van der Waals surface area contributed by atoms with E-state index in [1.165, 1.54) is 0 Å². The van der Waals surface area contributed by atoms with E-state index in [2.05, 4.69) is 14.2 Å². The minimum Gasteiger partial charge on any atom is -0.507 e. The maximum absolute atomic E-state index is 9.55. The number of pyridine rings is 1. The second kappa shape index (κ2) is 4.48. The predicted octanol–water partition coefficient (Wildman–Crippen LogP) is 3.06. The molecule has 1 unspecified atom stereocenters. The van der Waals surface area contributed by atoms with E-state index in [1.807, 2.05) is 31.2 Å². The highest BCUT2D eigenvalue weighted by Crippen LogP contribution is 2.33. The maximum atomic E-state index is 9.55. The molecule has 3 nitrogen and oxygen atoms in total. The van der Waals surface area contributed by atoms with Crippen LogP contribution in [-0.4, -0.2) is 10.1 Å². The Kier molecular flexibility index (Phi) is 2.92. The molecule has 0 radical (unpaired) electrons. The minimum atomic E-state index is 0.269. The van der Waals surface area contributed by atoms with Crippen molar-refractivity contribution >= 4 is 41.8 Å². The highest BCUT2D eigenvalue weighted by Gasteiger charge is 2.09. The smallest absolute Gasteiger partial charge is 0.126 e. The van der Waals surface area contributed by atoms with Crippen LogP contribution in [0.25, 0.3) is 21.5 Å². The monoisotopic (exact) mass is 288 g/mol. The number of phenolic OH excluding ortho intramolecular Hbond substituents is 1. The Morgan fingerprint density at radius 1 is 1.26 bits per heavy atom. The third-order valence-corrected chi connectivity index (χ3v) is 4.60. The number of hydrogen-bond donors (Lipinski definition) is 2. The van der Waals surface area contributed by atoms with E-state index in [4.69, 9.17) is 5.73 Å². The van der Waals surface area contributed by atoms with Crippen molar-refractivity contribution < 1.29 is 5.11 Å². The number of benzene rings is 1. The summed E-state index contributed by atoms with van der Waals surface area (Å²) in [5.74, 6) is 0.269. The van der Waals surface area contributed by atoms with E-state index in [9.17, 15) is 5.11 Å². The van der Waals surface area contributed by atoms with Crippen molar-refractivity contribution in [2.75, 3.05) is 5.73 Å². The summed E-state index contributed by atoms with van der Waals surface area (Å²) in [6.07, 6.45) is 0. The molecule has 0 amide bonds. The zero-order chi connectivity index (χ0) is 13.6. The summed E-state index contributed by atoms with van der Waals surface area (Å²) in [4.78, 5) is 6.69. The number of aromatic hydroxyl groups is 1. The van der Waals surface area contributed by atoms with Crippen LogP contribution in [0.4, 0.5) is 5.69 Å². The number of anilines is 1. The molecule has 0 spiro atoms. The lowest BCUT2D eigenvalue weighted by Gasteiger charge is -2.04. The molecule has 0 bridgehead atoms. The molecular formula is C14H13N2OPS. The van der Waals surface area contributed by atoms with Gasteiger partial charge < -0.3 is 10.8 Å². The van der Waals surface area contributed by atoms with Crippen molar-refractivity contribution in [1.82, 2.24) is 4.98 Å². The molecule has 96 valence electrons. The summed E-state index contributed by atoms with van der Waals surface area (Å²) < 4.78 is 0. The molecule has 0 saturated heterocycles. The number of thiophene rings is 1. The molecule has 0 aliphatic rings. The number of aromatic nitrogens is 1. The summed E-state index contributed by atoms with van der Waals surface area (Å²) in [7, 11) is 2.52. The van der Waals surface area contributed by atoms with Crippen molar-refractivity contribution in [3.8, 4) is 17.0 Å². The molecule has 19 heavy (non-hydrogen) atoms. The van der Waals surface area contributed by atoms with Gasteiger partial charge in [0, 0.05) is 21.1 Å². The Labute approximate surface area is 117 Å². The summed E-state index contributed by atoms with van der Waals surface area (Å²) in [6.45, 7) is 2.00. The molecule has 0 aliphatic carbocycles. The lowest BCUT2D eigenvalue weighted by atomic mass is 10.1. The van der Waals surface area contributed by atoms with Gasteiger partial charge in [0.05, 0.1) is 11.4 Å². The fourth-order valence-electron chi connectivity index (χ4n) is 1.99. The molecule has 1 atom stereocenters. The lowest BCUT2D eigenvalue weighted by Crippen LogP contribution is -1.93. The highest BCUT2D eigenvalue weighted by atomic mass is 32.1. The third kappa shape index (κ3) is 2.07. The number of rotatable bonds is 1. The first kappa shape index (κ1) is 12.4. The van der Waals surface area contributed by atoms with Crippen LogP contribution in [0.3, 0.4) is 0 Å². The molecule has 2 heterocycles. The second-order valence-corrected chi connectivity index (χ2v) is 6.22. The van der Waals surface area contributed by atoms with Crippen LogP contribution in [0.1, 0.15) is 4.88 Å². The number of phenols is 1. The Morgan fingerprint density at radius 3 is 2.79 bits per heavy atom. The number of fused-ring (bicyclic) bond motifs is 1. The first-order valence-electron chi connectivity index (χ1n) is 5.81. The van der Waals surface area contributed by atoms with Crippen LogP contribution in [0, 0.1) is 6.92 Å². The first-order chi connectivity index (χ1) is 9.06. The van der Waals surface area contributed by atoms with Gasteiger partial charge in [-0.3, -0.25) is 0 Å². The van der Waals surface area contributed by atoms with Crippen LogP contribution < -0.4 is 11.0 Å². The van der Waals surface area contributed by atoms with Gasteiger partial charge >= 0.3 is 0 Å². The van der Waals surface area contributed by atoms with Gasteiger partial charge in [0.15, 0.2) is 0 Å². The van der Waals surface area contributed by atoms with Crippen LogP contribution >= 0.6 is 20.6 Å². The lowest BCUT2D eigenvalue weighted by molar-refractivity contribution is 0.480. The van der Waals surface area contributed by atoms with Gasteiger partial charge in [0.2, 0.25) is 0 Å². The number of nitrogens with zero attached hydrogens (tertiary/aromatic N) is 1. The zero-order valence-electron chi connectivity index (χ0n) is 10.3. The summed E-state index contributed by atoms with van der Waals surface area (Å²) in [5.41, 5.74) is 8.69. The van der Waals surface area contributed by atoms with Crippen LogP contribution in [0.5, 0.6) is 5.75 Å². The highest BCUT2D eigenvalue weighted by molar-refractivity contribution is 7.27. The summed E-state index contributed by atoms with van der Waals surface area (Å²) in [5, 5.41) is 11.3. The topological polar surface area (TPSA) is 59.1 Å². The fourth-order valence-corrected chi connectivity index (χ4v) is 3.21. The Hall–Kier alpha value is -1.64. The molecule has 5 heteroatoms. The van der Waals surface area contributed by atoms with E-state index in [0.717, 1.165) is 37.3 Å². The van der Waals surface area contributed by atoms with Crippen molar-refractivity contribution in [2.45, 2.75) is 6.92 Å². The summed E-state index contributed by atoms with van der Waals surface area (Å²) in [6, 6.07) is 9.41. The maximum Gasteiger partial charge on any atom is 0.126 e. The van der Waals surface area contributed by atoms with Crippen LogP contribution in [-0.2, 0) is 0 Å². The summed E-state index contributed by atoms with van der Waals surface area (Å²) >= 11 is 1.60. The molecule has 0 fully saturated rings. The van der Waals surface area contributed by atoms with Gasteiger partial charge in [-0.25, -0.2) is 4.98 Å². The standard InChI is InChI=1S/C14H13N2OPS/c1-7-13(15)9-3-4-10(16-14(9)19-7)8-2-5-11(17)12(18)6-8/h2-6,17H,15,18H2,1H3. The molecule has 2 aromatic heterocycles. The number of hydrogen-bond acceptors (Lipinski definition) is 4. The largest absolute Gasteiger partial charge is 0.507 e. The van der Waals surface area contributed by atoms with E-state index in [-0.39, 0.29) is 5.75 Å². The quantitative estimate of drug-likeness (QED) is 0.677. The molecular weight excluding hydrogens is 275 g/mol. The SMILES string of the molecule is Cc1sc2nc(-c3ccc(O)c(P)c3)ccc2c1N. The van der Waals surface area contributed by atoms with Crippen molar-refractivity contribution in [3.05, 3.63) is 35.2 Å². The van der Waals surface area contributed by atoms with Crippen molar-refractivity contribution in [2.24, 2.45) is 0 Å². The molecule has 0 aliphatic heterocycles. The number of nitrogen functional groups attached to an aromatic ring is 1. The van der Waals surface area contributed by atoms with Crippen molar-refractivity contribution in [1.29, 1.82) is 0 Å². The molecule has 3 aromatic rings. The Balaban J connectivity index is 2.17. The van der Waals surface area contributed by atoms with Gasteiger partial charge in [-0.2, -0.15) is 0 Å². The van der Waals surface area contributed by atoms with Crippen LogP contribution in [0.15, 0.2) is 30.3 Å². The molecule has 1 aromatic carbocycles. The van der Waals surface area contributed by atoms with E-state index < -0.39 is 0 Å². The van der Waals surface area contributed by atoms with Gasteiger partial charge in [-0.15, -0.1) is 20.6 Å². The molecule has 3 rings (SSSR count). The molecule has 3 N–H and O–H groups in total. The van der Waals surface area contributed by atoms with Gasteiger partial charge in [0.25, 0.3) is 0 Å². The third-order valence-electron chi connectivity index (χ3n) is 3.10. The van der Waals surface area contributed by atoms with Gasteiger partial charge in [-0.05, 0) is 37.3 Å². The van der Waals surface area contributed by atoms with Gasteiger partial charge in [-0.1, -0.05) is 0 Å². The fraction of sp³-hybridized carbons (Fsp3) is 0.0714. The van der Waals surface area contributed by atoms with Crippen LogP contribution in [0.2, 0.25) is 0 Å².